The van der Waals surface area contributed by atoms with E-state index >= 15 is 0 Å². The van der Waals surface area contributed by atoms with Crippen LogP contribution in [0.15, 0.2) is 12.2 Å². The van der Waals surface area contributed by atoms with Crippen molar-refractivity contribution >= 4 is 11.9 Å². The standard InChI is InChI=1S/C13H23NO3/c1-8-13(7,17-10(15)9(2)3)11(16)14-12(4,5)6/h2,8H2,1,3-7H3,(H,14,16). The van der Waals surface area contributed by atoms with Crippen LogP contribution >= 0.6 is 0 Å². The van der Waals surface area contributed by atoms with Crippen molar-refractivity contribution < 1.29 is 14.3 Å². The third kappa shape index (κ3) is 5.02. The normalized spacial score (nSPS) is 14.7. The maximum Gasteiger partial charge on any atom is 0.334 e. The fraction of sp³-hybridized carbons (Fsp3) is 0.692. The molecule has 0 aromatic rings. The third-order valence-electron chi connectivity index (χ3n) is 2.31. The third-order valence-corrected chi connectivity index (χ3v) is 2.31. The number of nitrogens with one attached hydrogen (secondary N) is 1. The molecule has 4 nitrogen and oxygen atoms in total. The Balaban J connectivity index is 4.84. The van der Waals surface area contributed by atoms with Gasteiger partial charge in [-0.1, -0.05) is 13.5 Å². The van der Waals surface area contributed by atoms with Gasteiger partial charge in [0, 0.05) is 11.1 Å². The van der Waals surface area contributed by atoms with Crippen molar-refractivity contribution in [2.75, 3.05) is 0 Å². The van der Waals surface area contributed by atoms with Crippen LogP contribution in [0.4, 0.5) is 0 Å². The quantitative estimate of drug-likeness (QED) is 0.606. The first-order chi connectivity index (χ1) is 7.52. The van der Waals surface area contributed by atoms with Crippen molar-refractivity contribution in [2.24, 2.45) is 0 Å². The number of carbonyl (C=O) groups excluding carboxylic acids is 2. The van der Waals surface area contributed by atoms with E-state index in [1.165, 1.54) is 0 Å². The van der Waals surface area contributed by atoms with Gasteiger partial charge in [-0.3, -0.25) is 4.79 Å². The maximum absolute atomic E-state index is 12.1. The Kier molecular flexibility index (Phi) is 4.93. The van der Waals surface area contributed by atoms with Crippen molar-refractivity contribution in [3.63, 3.8) is 0 Å². The van der Waals surface area contributed by atoms with Crippen LogP contribution in [0.2, 0.25) is 0 Å². The molecule has 0 spiro atoms. The van der Waals surface area contributed by atoms with Crippen LogP contribution in [0, 0.1) is 0 Å². The summed E-state index contributed by atoms with van der Waals surface area (Å²) in [5, 5.41) is 2.81. The monoisotopic (exact) mass is 241 g/mol. The highest BCUT2D eigenvalue weighted by Gasteiger charge is 2.37. The van der Waals surface area contributed by atoms with Crippen molar-refractivity contribution in [2.45, 2.75) is 59.1 Å². The average molecular weight is 241 g/mol. The van der Waals surface area contributed by atoms with Crippen LogP contribution in [-0.4, -0.2) is 23.0 Å². The summed E-state index contributed by atoms with van der Waals surface area (Å²) in [5.74, 6) is -0.833. The molecule has 98 valence electrons. The number of amides is 1. The van der Waals surface area contributed by atoms with Crippen LogP contribution in [0.3, 0.4) is 0 Å². The summed E-state index contributed by atoms with van der Waals surface area (Å²) in [4.78, 5) is 23.5. The van der Waals surface area contributed by atoms with Crippen LogP contribution in [0.5, 0.6) is 0 Å². The molecule has 1 amide bonds. The number of esters is 1. The van der Waals surface area contributed by atoms with Crippen molar-refractivity contribution in [1.29, 1.82) is 0 Å². The van der Waals surface area contributed by atoms with Gasteiger partial charge in [-0.05, 0) is 41.0 Å². The summed E-state index contributed by atoms with van der Waals surface area (Å²) in [6.07, 6.45) is 0.411. The van der Waals surface area contributed by atoms with Gasteiger partial charge in [0.05, 0.1) is 0 Å². The van der Waals surface area contributed by atoms with E-state index in [1.807, 2.05) is 20.8 Å². The van der Waals surface area contributed by atoms with Gasteiger partial charge in [-0.25, -0.2) is 4.79 Å². The van der Waals surface area contributed by atoms with Crippen LogP contribution in [-0.2, 0) is 14.3 Å². The molecule has 0 saturated heterocycles. The molecule has 0 fully saturated rings. The van der Waals surface area contributed by atoms with Crippen molar-refractivity contribution in [3.8, 4) is 0 Å². The predicted molar refractivity (Wildman–Crippen MR) is 67.5 cm³/mol. The van der Waals surface area contributed by atoms with E-state index in [1.54, 1.807) is 20.8 Å². The van der Waals surface area contributed by atoms with E-state index in [0.717, 1.165) is 0 Å². The Morgan fingerprint density at radius 2 is 1.71 bits per heavy atom. The predicted octanol–water partition coefficient (Wildman–Crippen LogP) is 2.19. The lowest BCUT2D eigenvalue weighted by molar-refractivity contribution is -0.164. The maximum atomic E-state index is 12.1. The molecule has 0 saturated carbocycles. The van der Waals surface area contributed by atoms with Crippen molar-refractivity contribution in [1.82, 2.24) is 5.32 Å². The van der Waals surface area contributed by atoms with Gasteiger partial charge in [0.2, 0.25) is 0 Å². The second-order valence-corrected chi connectivity index (χ2v) is 5.46. The number of hydrogen-bond acceptors (Lipinski definition) is 3. The Morgan fingerprint density at radius 1 is 1.24 bits per heavy atom. The lowest BCUT2D eigenvalue weighted by Crippen LogP contribution is -2.53. The molecule has 0 rings (SSSR count). The van der Waals surface area contributed by atoms with E-state index in [-0.39, 0.29) is 17.0 Å². The number of carbonyl (C=O) groups is 2. The zero-order chi connectivity index (χ0) is 13.9. The van der Waals surface area contributed by atoms with Gasteiger partial charge in [-0.2, -0.15) is 0 Å². The van der Waals surface area contributed by atoms with Gasteiger partial charge in [-0.15, -0.1) is 0 Å². The number of ether oxygens (including phenoxy) is 1. The van der Waals surface area contributed by atoms with Crippen LogP contribution in [0.1, 0.15) is 48.0 Å². The molecule has 17 heavy (non-hydrogen) atoms. The molecule has 0 aliphatic heterocycles. The Bertz CT molecular complexity index is 328. The molecule has 0 radical (unpaired) electrons. The zero-order valence-electron chi connectivity index (χ0n) is 11.6. The minimum Gasteiger partial charge on any atom is -0.446 e. The summed E-state index contributed by atoms with van der Waals surface area (Å²) in [6, 6.07) is 0. The smallest absolute Gasteiger partial charge is 0.334 e. The second-order valence-electron chi connectivity index (χ2n) is 5.46. The average Bonchev–Trinajstić information content (AvgIpc) is 2.14. The van der Waals surface area contributed by atoms with Crippen LogP contribution < -0.4 is 5.32 Å². The minimum absolute atomic E-state index is 0.285. The Morgan fingerprint density at radius 3 is 2.00 bits per heavy atom. The largest absolute Gasteiger partial charge is 0.446 e. The van der Waals surface area contributed by atoms with E-state index in [0.29, 0.717) is 6.42 Å². The lowest BCUT2D eigenvalue weighted by Gasteiger charge is -2.31. The first-order valence-corrected chi connectivity index (χ1v) is 5.73. The topological polar surface area (TPSA) is 55.4 Å². The Labute approximate surface area is 103 Å². The highest BCUT2D eigenvalue weighted by Crippen LogP contribution is 2.18. The summed E-state index contributed by atoms with van der Waals surface area (Å²) < 4.78 is 5.21. The van der Waals surface area contributed by atoms with Crippen LogP contribution in [0.25, 0.3) is 0 Å². The molecule has 4 heteroatoms. The molecule has 1 N–H and O–H groups in total. The highest BCUT2D eigenvalue weighted by molar-refractivity contribution is 5.92. The highest BCUT2D eigenvalue weighted by atomic mass is 16.6. The zero-order valence-corrected chi connectivity index (χ0v) is 11.6. The molecule has 0 aromatic heterocycles. The number of hydrogen-bond donors (Lipinski definition) is 1. The SMILES string of the molecule is C=C(C)C(=O)OC(C)(CC)C(=O)NC(C)(C)C. The summed E-state index contributed by atoms with van der Waals surface area (Å²) >= 11 is 0. The number of rotatable bonds is 4. The molecule has 0 aromatic carbocycles. The van der Waals surface area contributed by atoms with Gasteiger partial charge < -0.3 is 10.1 Å². The van der Waals surface area contributed by atoms with Gasteiger partial charge in [0.15, 0.2) is 5.60 Å². The van der Waals surface area contributed by atoms with E-state index in [2.05, 4.69) is 11.9 Å². The molecule has 0 aliphatic carbocycles. The Hall–Kier alpha value is -1.32. The fourth-order valence-electron chi connectivity index (χ4n) is 1.04. The van der Waals surface area contributed by atoms with E-state index in [4.69, 9.17) is 4.74 Å². The lowest BCUT2D eigenvalue weighted by atomic mass is 9.99. The minimum atomic E-state index is -1.15. The van der Waals surface area contributed by atoms with E-state index < -0.39 is 11.6 Å². The summed E-state index contributed by atoms with van der Waals surface area (Å²) in [5.41, 5.74) is -1.22. The molecule has 0 bridgehead atoms. The van der Waals surface area contributed by atoms with E-state index in [9.17, 15) is 9.59 Å². The molecular formula is C13H23NO3. The molecule has 0 aliphatic rings. The first kappa shape index (κ1) is 15.7. The van der Waals surface area contributed by atoms with Gasteiger partial charge in [0.1, 0.15) is 0 Å². The molecule has 1 atom stereocenters. The fourth-order valence-corrected chi connectivity index (χ4v) is 1.04. The van der Waals surface area contributed by atoms with Gasteiger partial charge in [0.25, 0.3) is 5.91 Å². The molecular weight excluding hydrogens is 218 g/mol. The van der Waals surface area contributed by atoms with Crippen molar-refractivity contribution in [3.05, 3.63) is 12.2 Å². The summed E-state index contributed by atoms with van der Waals surface area (Å²) in [6.45, 7) is 14.1. The first-order valence-electron chi connectivity index (χ1n) is 5.73. The second kappa shape index (κ2) is 5.34. The molecule has 1 unspecified atom stereocenters. The molecule has 0 heterocycles. The summed E-state index contributed by atoms with van der Waals surface area (Å²) in [7, 11) is 0. The van der Waals surface area contributed by atoms with Gasteiger partial charge >= 0.3 is 5.97 Å².